The number of nitrogens with zero attached hydrogens (tertiary/aromatic N) is 1. The number of esters is 1. The van der Waals surface area contributed by atoms with Gasteiger partial charge in [-0.15, -0.1) is 0 Å². The Kier molecular flexibility index (Phi) is 6.51. The van der Waals surface area contributed by atoms with Gasteiger partial charge in [0.25, 0.3) is 5.91 Å². The van der Waals surface area contributed by atoms with Gasteiger partial charge in [-0.3, -0.25) is 4.79 Å². The summed E-state index contributed by atoms with van der Waals surface area (Å²) < 4.78 is 44.8. The molecule has 29 heavy (non-hydrogen) atoms. The summed E-state index contributed by atoms with van der Waals surface area (Å²) in [5.74, 6) is -2.07. The fourth-order valence-corrected chi connectivity index (χ4v) is 4.89. The Labute approximate surface area is 172 Å². The second-order valence-electron chi connectivity index (χ2n) is 6.39. The molecule has 7 nitrogen and oxygen atoms in total. The first kappa shape index (κ1) is 21.2. The second kappa shape index (κ2) is 8.89. The number of nitrogens with one attached hydrogen (secondary N) is 1. The van der Waals surface area contributed by atoms with Crippen molar-refractivity contribution >= 4 is 39.2 Å². The number of carbonyl (C=O) groups is 2. The lowest BCUT2D eigenvalue weighted by Crippen LogP contribution is -2.28. The molecule has 10 heteroatoms. The highest BCUT2D eigenvalue weighted by atomic mass is 35.5. The third-order valence-corrected chi connectivity index (χ3v) is 6.67. The van der Waals surface area contributed by atoms with Crippen molar-refractivity contribution in [2.24, 2.45) is 0 Å². The molecular formula is C19H18ClFN2O5S. The number of anilines is 1. The predicted octanol–water partition coefficient (Wildman–Crippen LogP) is 3.06. The minimum atomic E-state index is -3.82. The molecule has 3 rings (SSSR count). The number of carbonyl (C=O) groups excluding carboxylic acids is 2. The van der Waals surface area contributed by atoms with Gasteiger partial charge < -0.3 is 10.1 Å². The number of halogens is 2. The van der Waals surface area contributed by atoms with Crippen LogP contribution in [0.1, 0.15) is 23.2 Å². The standard InChI is InChI=1S/C19H18ClFN2O5S/c20-16-7-6-13(10-17(16)29(26,27)23-8-1-2-9-23)19(25)28-12-18(24)22-15-5-3-4-14(21)11-15/h3-7,10-11H,1-2,8-9,12H2,(H,22,24). The summed E-state index contributed by atoms with van der Waals surface area (Å²) >= 11 is 6.04. The fraction of sp³-hybridized carbons (Fsp3) is 0.263. The van der Waals surface area contributed by atoms with Gasteiger partial charge in [0.1, 0.15) is 10.7 Å². The molecule has 1 N–H and O–H groups in total. The molecule has 1 saturated heterocycles. The average Bonchev–Trinajstić information content (AvgIpc) is 3.22. The molecule has 0 spiro atoms. The van der Waals surface area contributed by atoms with Crippen molar-refractivity contribution in [1.29, 1.82) is 0 Å². The topological polar surface area (TPSA) is 92.8 Å². The molecule has 1 heterocycles. The molecule has 0 atom stereocenters. The van der Waals surface area contributed by atoms with E-state index in [1.165, 1.54) is 34.6 Å². The van der Waals surface area contributed by atoms with Crippen LogP contribution in [0.2, 0.25) is 5.02 Å². The zero-order valence-electron chi connectivity index (χ0n) is 15.2. The minimum absolute atomic E-state index is 0.00250. The molecule has 1 aliphatic heterocycles. The van der Waals surface area contributed by atoms with Crippen molar-refractivity contribution in [1.82, 2.24) is 4.31 Å². The Morgan fingerprint density at radius 3 is 2.55 bits per heavy atom. The van der Waals surface area contributed by atoms with E-state index in [4.69, 9.17) is 16.3 Å². The molecule has 0 unspecified atom stereocenters. The molecule has 0 aliphatic carbocycles. The maximum atomic E-state index is 13.1. The van der Waals surface area contributed by atoms with Crippen LogP contribution in [0, 0.1) is 5.82 Å². The zero-order chi connectivity index (χ0) is 21.0. The zero-order valence-corrected chi connectivity index (χ0v) is 16.8. The first-order valence-corrected chi connectivity index (χ1v) is 10.6. The van der Waals surface area contributed by atoms with E-state index < -0.39 is 34.3 Å². The lowest BCUT2D eigenvalue weighted by atomic mass is 10.2. The number of sulfonamides is 1. The number of hydrogen-bond donors (Lipinski definition) is 1. The van der Waals surface area contributed by atoms with Gasteiger partial charge in [-0.25, -0.2) is 17.6 Å². The van der Waals surface area contributed by atoms with Crippen LogP contribution >= 0.6 is 11.6 Å². The Bertz CT molecular complexity index is 1040. The predicted molar refractivity (Wildman–Crippen MR) is 105 cm³/mol. The lowest BCUT2D eigenvalue weighted by Gasteiger charge is -2.17. The van der Waals surface area contributed by atoms with Gasteiger partial charge in [0.2, 0.25) is 10.0 Å². The molecule has 2 aromatic rings. The number of hydrogen-bond acceptors (Lipinski definition) is 5. The molecule has 1 amide bonds. The third-order valence-electron chi connectivity index (χ3n) is 4.29. The monoisotopic (exact) mass is 440 g/mol. The van der Waals surface area contributed by atoms with E-state index in [2.05, 4.69) is 5.32 Å². The Hall–Kier alpha value is -2.49. The van der Waals surface area contributed by atoms with Crippen LogP contribution in [0.3, 0.4) is 0 Å². The molecule has 2 aromatic carbocycles. The van der Waals surface area contributed by atoms with Crippen LogP contribution in [-0.4, -0.2) is 44.3 Å². The summed E-state index contributed by atoms with van der Waals surface area (Å²) in [6.07, 6.45) is 1.53. The molecular weight excluding hydrogens is 423 g/mol. The van der Waals surface area contributed by atoms with E-state index in [9.17, 15) is 22.4 Å². The highest BCUT2D eigenvalue weighted by Crippen LogP contribution is 2.28. The van der Waals surface area contributed by atoms with Gasteiger partial charge in [0, 0.05) is 18.8 Å². The summed E-state index contributed by atoms with van der Waals surface area (Å²) in [6, 6.07) is 9.01. The summed E-state index contributed by atoms with van der Waals surface area (Å²) in [6.45, 7) is 0.174. The van der Waals surface area contributed by atoms with E-state index in [1.54, 1.807) is 0 Å². The Morgan fingerprint density at radius 1 is 1.14 bits per heavy atom. The van der Waals surface area contributed by atoms with Crippen molar-refractivity contribution < 1.29 is 27.1 Å². The van der Waals surface area contributed by atoms with E-state index >= 15 is 0 Å². The van der Waals surface area contributed by atoms with Crippen molar-refractivity contribution in [2.45, 2.75) is 17.7 Å². The highest BCUT2D eigenvalue weighted by molar-refractivity contribution is 7.89. The summed E-state index contributed by atoms with van der Waals surface area (Å²) in [5, 5.41) is 2.39. The van der Waals surface area contributed by atoms with Crippen molar-refractivity contribution in [3.05, 3.63) is 58.9 Å². The maximum absolute atomic E-state index is 13.1. The summed E-state index contributed by atoms with van der Waals surface area (Å²) in [5.41, 5.74) is 0.169. The fourth-order valence-electron chi connectivity index (χ4n) is 2.87. The molecule has 0 bridgehead atoms. The van der Waals surface area contributed by atoms with E-state index in [1.807, 2.05) is 0 Å². The van der Waals surface area contributed by atoms with E-state index in [-0.39, 0.29) is 21.2 Å². The minimum Gasteiger partial charge on any atom is -0.452 e. The number of ether oxygens (including phenoxy) is 1. The molecule has 0 radical (unpaired) electrons. The normalized spacial score (nSPS) is 14.6. The van der Waals surface area contributed by atoms with Gasteiger partial charge in [0.15, 0.2) is 6.61 Å². The summed E-state index contributed by atoms with van der Waals surface area (Å²) in [4.78, 5) is 24.0. The number of benzene rings is 2. The molecule has 154 valence electrons. The van der Waals surface area contributed by atoms with Crippen LogP contribution in [0.5, 0.6) is 0 Å². The lowest BCUT2D eigenvalue weighted by molar-refractivity contribution is -0.119. The highest BCUT2D eigenvalue weighted by Gasteiger charge is 2.30. The van der Waals surface area contributed by atoms with E-state index in [0.29, 0.717) is 13.1 Å². The number of rotatable bonds is 6. The van der Waals surface area contributed by atoms with Crippen LogP contribution in [0.25, 0.3) is 0 Å². The molecule has 1 aliphatic rings. The van der Waals surface area contributed by atoms with Crippen LogP contribution < -0.4 is 5.32 Å². The molecule has 0 aromatic heterocycles. The Balaban J connectivity index is 1.67. The molecule has 0 saturated carbocycles. The maximum Gasteiger partial charge on any atom is 0.338 e. The summed E-state index contributed by atoms with van der Waals surface area (Å²) in [7, 11) is -3.82. The second-order valence-corrected chi connectivity index (χ2v) is 8.70. The van der Waals surface area contributed by atoms with E-state index in [0.717, 1.165) is 25.0 Å². The van der Waals surface area contributed by atoms with Gasteiger partial charge >= 0.3 is 5.97 Å². The van der Waals surface area contributed by atoms with Crippen molar-refractivity contribution in [2.75, 3.05) is 25.0 Å². The van der Waals surface area contributed by atoms with Crippen LogP contribution in [0.15, 0.2) is 47.4 Å². The van der Waals surface area contributed by atoms with Crippen molar-refractivity contribution in [3.8, 4) is 0 Å². The average molecular weight is 441 g/mol. The first-order valence-electron chi connectivity index (χ1n) is 8.79. The third kappa shape index (κ3) is 5.11. The smallest absolute Gasteiger partial charge is 0.338 e. The SMILES string of the molecule is O=C(COC(=O)c1ccc(Cl)c(S(=O)(=O)N2CCCC2)c1)Nc1cccc(F)c1. The van der Waals surface area contributed by atoms with Crippen LogP contribution in [0.4, 0.5) is 10.1 Å². The molecule has 1 fully saturated rings. The van der Waals surface area contributed by atoms with Crippen LogP contribution in [-0.2, 0) is 19.6 Å². The van der Waals surface area contributed by atoms with Gasteiger partial charge in [-0.05, 0) is 49.2 Å². The van der Waals surface area contributed by atoms with Gasteiger partial charge in [-0.2, -0.15) is 4.31 Å². The largest absolute Gasteiger partial charge is 0.452 e. The van der Waals surface area contributed by atoms with Gasteiger partial charge in [0.05, 0.1) is 10.6 Å². The Morgan fingerprint density at radius 2 is 1.86 bits per heavy atom. The first-order chi connectivity index (χ1) is 13.8. The quantitative estimate of drug-likeness (QED) is 0.697. The van der Waals surface area contributed by atoms with Crippen molar-refractivity contribution in [3.63, 3.8) is 0 Å². The van der Waals surface area contributed by atoms with Gasteiger partial charge in [-0.1, -0.05) is 17.7 Å². The number of amides is 1.